The van der Waals surface area contributed by atoms with Crippen LogP contribution in [0.5, 0.6) is 5.75 Å². The highest BCUT2D eigenvalue weighted by atomic mass is 19.1. The molecule has 1 aliphatic rings. The maximum absolute atomic E-state index is 13.3. The highest BCUT2D eigenvalue weighted by Crippen LogP contribution is 2.37. The number of benzene rings is 1. The Morgan fingerprint density at radius 1 is 1.09 bits per heavy atom. The van der Waals surface area contributed by atoms with Crippen molar-refractivity contribution in [3.8, 4) is 17.1 Å². The summed E-state index contributed by atoms with van der Waals surface area (Å²) in [6.45, 7) is 0.943. The Bertz CT molecular complexity index is 1220. The van der Waals surface area contributed by atoms with Crippen LogP contribution < -0.4 is 25.6 Å². The lowest BCUT2D eigenvalue weighted by Gasteiger charge is -2.38. The van der Waals surface area contributed by atoms with Crippen LogP contribution in [0.15, 0.2) is 36.8 Å². The van der Waals surface area contributed by atoms with Crippen LogP contribution in [0.2, 0.25) is 0 Å². The van der Waals surface area contributed by atoms with Crippen molar-refractivity contribution in [2.75, 3.05) is 44.5 Å². The number of hydrogen-bond donors (Lipinski definition) is 3. The second-order valence-electron chi connectivity index (χ2n) is 7.46. The van der Waals surface area contributed by atoms with Gasteiger partial charge in [0.2, 0.25) is 11.9 Å². The number of carbonyl (C=O) groups excluding carboxylic acids is 2. The summed E-state index contributed by atoms with van der Waals surface area (Å²) in [5, 5.41) is 8.35. The molecule has 2 aromatic heterocycles. The number of halogens is 1. The first-order chi connectivity index (χ1) is 16.4. The number of carbonyl (C=O) groups is 2. The van der Waals surface area contributed by atoms with Crippen LogP contribution in [0.4, 0.5) is 21.8 Å². The minimum Gasteiger partial charge on any atom is -0.494 e. The van der Waals surface area contributed by atoms with Crippen molar-refractivity contribution in [1.82, 2.24) is 30.6 Å². The van der Waals surface area contributed by atoms with E-state index in [9.17, 15) is 14.0 Å². The number of para-hydroxylation sites is 1. The second-order valence-corrected chi connectivity index (χ2v) is 7.46. The van der Waals surface area contributed by atoms with E-state index in [4.69, 9.17) is 4.74 Å². The van der Waals surface area contributed by atoms with Gasteiger partial charge in [0.15, 0.2) is 17.4 Å². The van der Waals surface area contributed by atoms with Crippen molar-refractivity contribution in [2.45, 2.75) is 0 Å². The van der Waals surface area contributed by atoms with E-state index in [-0.39, 0.29) is 34.9 Å². The third-order valence-corrected chi connectivity index (χ3v) is 5.36. The highest BCUT2D eigenvalue weighted by Gasteiger charge is 2.34. The number of aromatic nitrogens is 4. The Kier molecular flexibility index (Phi) is 6.48. The number of anilines is 3. The van der Waals surface area contributed by atoms with Crippen LogP contribution in [-0.4, -0.2) is 66.0 Å². The molecular formula is C22H23FN8O3. The maximum atomic E-state index is 13.3. The number of nitrogens with zero attached hydrogens (tertiary/aromatic N) is 5. The van der Waals surface area contributed by atoms with Crippen molar-refractivity contribution in [1.29, 1.82) is 0 Å². The predicted octanol–water partition coefficient (Wildman–Crippen LogP) is 1.37. The summed E-state index contributed by atoms with van der Waals surface area (Å²) in [6.07, 6.45) is 3.57. The third-order valence-electron chi connectivity index (χ3n) is 5.36. The first-order valence-corrected chi connectivity index (χ1v) is 10.4. The smallest absolute Gasteiger partial charge is 0.256 e. The van der Waals surface area contributed by atoms with Gasteiger partial charge in [-0.25, -0.2) is 19.3 Å². The molecule has 0 spiro atoms. The Balaban J connectivity index is 1.68. The summed E-state index contributed by atoms with van der Waals surface area (Å²) in [6, 6.07) is 5.23. The zero-order valence-electron chi connectivity index (χ0n) is 18.8. The average molecular weight is 466 g/mol. The molecule has 1 aromatic carbocycles. The number of amides is 2. The Morgan fingerprint density at radius 3 is 2.47 bits per heavy atom. The fourth-order valence-electron chi connectivity index (χ4n) is 3.54. The van der Waals surface area contributed by atoms with Crippen molar-refractivity contribution < 1.29 is 18.7 Å². The third kappa shape index (κ3) is 4.42. The van der Waals surface area contributed by atoms with Gasteiger partial charge in [0.1, 0.15) is 11.4 Å². The van der Waals surface area contributed by atoms with Gasteiger partial charge in [-0.2, -0.15) is 4.98 Å². The van der Waals surface area contributed by atoms with Crippen LogP contribution >= 0.6 is 0 Å². The van der Waals surface area contributed by atoms with Crippen molar-refractivity contribution >= 4 is 29.3 Å². The Hall–Kier alpha value is -4.35. The molecule has 0 unspecified atom stereocenters. The molecule has 176 valence electrons. The van der Waals surface area contributed by atoms with Gasteiger partial charge in [-0.15, -0.1) is 0 Å². The minimum absolute atomic E-state index is 0.0406. The lowest BCUT2D eigenvalue weighted by atomic mass is 10.00. The van der Waals surface area contributed by atoms with Gasteiger partial charge in [0.05, 0.1) is 36.7 Å². The van der Waals surface area contributed by atoms with Crippen molar-refractivity contribution in [3.63, 3.8) is 0 Å². The number of nitrogens with one attached hydrogen (secondary N) is 3. The van der Waals surface area contributed by atoms with E-state index in [2.05, 4.69) is 35.9 Å². The molecule has 3 heterocycles. The maximum Gasteiger partial charge on any atom is 0.256 e. The monoisotopic (exact) mass is 466 g/mol. The largest absolute Gasteiger partial charge is 0.494 e. The molecule has 4 rings (SSSR count). The highest BCUT2D eigenvalue weighted by molar-refractivity contribution is 5.99. The fraction of sp³-hybridized carbons (Fsp3) is 0.273. The van der Waals surface area contributed by atoms with Gasteiger partial charge < -0.3 is 25.6 Å². The van der Waals surface area contributed by atoms with Crippen molar-refractivity contribution in [3.05, 3.63) is 48.2 Å². The molecule has 0 saturated carbocycles. The zero-order chi connectivity index (χ0) is 24.2. The molecule has 0 bridgehead atoms. The summed E-state index contributed by atoms with van der Waals surface area (Å²) >= 11 is 0. The molecule has 1 aliphatic heterocycles. The molecule has 3 aromatic rings. The lowest BCUT2D eigenvalue weighted by molar-refractivity contribution is -0.125. The van der Waals surface area contributed by atoms with Crippen LogP contribution in [0.25, 0.3) is 11.4 Å². The van der Waals surface area contributed by atoms with Gasteiger partial charge in [-0.05, 0) is 12.1 Å². The molecule has 0 aliphatic carbocycles. The quantitative estimate of drug-likeness (QED) is 0.472. The minimum atomic E-state index is -0.551. The van der Waals surface area contributed by atoms with Crippen molar-refractivity contribution in [2.24, 2.45) is 5.92 Å². The van der Waals surface area contributed by atoms with E-state index in [1.165, 1.54) is 20.4 Å². The van der Waals surface area contributed by atoms with Crippen LogP contribution in [0.1, 0.15) is 10.4 Å². The standard InChI is InChI=1S/C22H23FN8O3/c1-24-20(32)12-10-31(11-12)22-28-9-15(21(33)25-2)19(30-22)29-16-6-4-5-14(17(16)34-3)18-26-7-13(23)8-27-18/h4-9,12H,10-11H2,1-3H3,(H,24,32)(H,25,33)(H,28,29,30). The van der Waals surface area contributed by atoms with Gasteiger partial charge in [-0.3, -0.25) is 9.59 Å². The molecule has 11 nitrogen and oxygen atoms in total. The number of ether oxygens (including phenoxy) is 1. The SMILES string of the molecule is CNC(=O)c1cnc(N2CC(C(=O)NC)C2)nc1Nc1cccc(-c2ncc(F)cn2)c1OC. The fourth-order valence-corrected chi connectivity index (χ4v) is 3.54. The van der Waals surface area contributed by atoms with Crippen LogP contribution in [-0.2, 0) is 4.79 Å². The molecule has 1 saturated heterocycles. The van der Waals surface area contributed by atoms with Crippen LogP contribution in [0, 0.1) is 11.7 Å². The van der Waals surface area contributed by atoms with Crippen LogP contribution in [0.3, 0.4) is 0 Å². The number of hydrogen-bond acceptors (Lipinski definition) is 9. The van der Waals surface area contributed by atoms with Gasteiger partial charge in [0, 0.05) is 33.4 Å². The molecule has 34 heavy (non-hydrogen) atoms. The normalized spacial score (nSPS) is 13.1. The van der Waals surface area contributed by atoms with E-state index < -0.39 is 5.82 Å². The Morgan fingerprint density at radius 2 is 1.82 bits per heavy atom. The topological polar surface area (TPSA) is 134 Å². The summed E-state index contributed by atoms with van der Waals surface area (Å²) in [4.78, 5) is 43.0. The summed E-state index contributed by atoms with van der Waals surface area (Å²) in [5.41, 5.74) is 1.24. The van der Waals surface area contributed by atoms with E-state index >= 15 is 0 Å². The molecule has 0 atom stereocenters. The van der Waals surface area contributed by atoms with E-state index in [1.54, 1.807) is 25.2 Å². The zero-order valence-corrected chi connectivity index (χ0v) is 18.8. The van der Waals surface area contributed by atoms with Gasteiger partial charge >= 0.3 is 0 Å². The second kappa shape index (κ2) is 9.65. The summed E-state index contributed by atoms with van der Waals surface area (Å²) in [7, 11) is 4.59. The van der Waals surface area contributed by atoms with E-state index in [0.717, 1.165) is 12.4 Å². The summed E-state index contributed by atoms with van der Waals surface area (Å²) < 4.78 is 18.9. The van der Waals surface area contributed by atoms with E-state index in [1.807, 2.05) is 4.90 Å². The van der Waals surface area contributed by atoms with Gasteiger partial charge in [-0.1, -0.05) is 6.07 Å². The average Bonchev–Trinajstić information content (AvgIpc) is 2.83. The Labute approximate surface area is 194 Å². The summed E-state index contributed by atoms with van der Waals surface area (Å²) in [5.74, 6) is 0.189. The number of rotatable bonds is 7. The first kappa shape index (κ1) is 22.8. The van der Waals surface area contributed by atoms with E-state index in [0.29, 0.717) is 36.0 Å². The number of methoxy groups -OCH3 is 1. The lowest BCUT2D eigenvalue weighted by Crippen LogP contribution is -2.53. The van der Waals surface area contributed by atoms with Gasteiger partial charge in [0.25, 0.3) is 5.91 Å². The molecule has 12 heteroatoms. The molecule has 0 radical (unpaired) electrons. The molecule has 1 fully saturated rings. The molecule has 2 amide bonds. The first-order valence-electron chi connectivity index (χ1n) is 10.4. The molecular weight excluding hydrogens is 443 g/mol. The molecule has 3 N–H and O–H groups in total. The predicted molar refractivity (Wildman–Crippen MR) is 122 cm³/mol.